The van der Waals surface area contributed by atoms with Crippen molar-refractivity contribution in [2.75, 3.05) is 6.54 Å². The molecule has 0 saturated heterocycles. The van der Waals surface area contributed by atoms with Crippen LogP contribution in [0.4, 0.5) is 0 Å². The monoisotopic (exact) mass is 189 g/mol. The van der Waals surface area contributed by atoms with Gasteiger partial charge in [0.2, 0.25) is 5.91 Å². The van der Waals surface area contributed by atoms with Crippen LogP contribution in [0.25, 0.3) is 6.08 Å². The Labute approximate surface area is 84.6 Å². The minimum absolute atomic E-state index is 0.0318. The minimum atomic E-state index is -0.0318. The van der Waals surface area contributed by atoms with Crippen molar-refractivity contribution in [1.29, 1.82) is 0 Å². The van der Waals surface area contributed by atoms with E-state index in [4.69, 9.17) is 0 Å². The quantitative estimate of drug-likeness (QED) is 0.723. The van der Waals surface area contributed by atoms with Crippen LogP contribution in [0.5, 0.6) is 0 Å². The number of amides is 1. The molecule has 0 atom stereocenters. The van der Waals surface area contributed by atoms with Gasteiger partial charge in [0.05, 0.1) is 0 Å². The molecule has 0 aliphatic carbocycles. The number of carbonyl (C=O) groups excluding carboxylic acids is 1. The Bertz CT molecular complexity index is 303. The molecule has 0 saturated carbocycles. The molecule has 0 radical (unpaired) electrons. The average Bonchev–Trinajstić information content (AvgIpc) is 2.25. The third-order valence-corrected chi connectivity index (χ3v) is 1.78. The number of hydrogen-bond donors (Lipinski definition) is 1. The molecule has 0 aliphatic heterocycles. The molecular formula is C12H15NO. The average molecular weight is 189 g/mol. The van der Waals surface area contributed by atoms with Gasteiger partial charge >= 0.3 is 0 Å². The molecule has 1 N–H and O–H groups in total. The summed E-state index contributed by atoms with van der Waals surface area (Å²) in [5, 5.41) is 2.78. The van der Waals surface area contributed by atoms with Gasteiger partial charge in [-0.3, -0.25) is 4.79 Å². The Kier molecular flexibility index (Phi) is 4.48. The molecule has 2 nitrogen and oxygen atoms in total. The maximum atomic E-state index is 11.2. The first-order chi connectivity index (χ1) is 6.83. The zero-order valence-corrected chi connectivity index (χ0v) is 8.36. The van der Waals surface area contributed by atoms with Crippen molar-refractivity contribution in [2.45, 2.75) is 13.3 Å². The maximum absolute atomic E-state index is 11.2. The van der Waals surface area contributed by atoms with Crippen LogP contribution >= 0.6 is 0 Å². The largest absolute Gasteiger partial charge is 0.353 e. The molecule has 1 aromatic carbocycles. The molecule has 1 aromatic rings. The number of rotatable bonds is 4. The summed E-state index contributed by atoms with van der Waals surface area (Å²) < 4.78 is 0. The lowest BCUT2D eigenvalue weighted by atomic mass is 10.2. The van der Waals surface area contributed by atoms with Gasteiger partial charge in [0.15, 0.2) is 0 Å². The number of nitrogens with one attached hydrogen (secondary N) is 1. The zero-order valence-electron chi connectivity index (χ0n) is 8.36. The van der Waals surface area contributed by atoms with Gasteiger partial charge in [0.1, 0.15) is 0 Å². The van der Waals surface area contributed by atoms with Gasteiger partial charge in [-0.1, -0.05) is 37.3 Å². The highest BCUT2D eigenvalue weighted by molar-refractivity contribution is 5.91. The van der Waals surface area contributed by atoms with Crippen LogP contribution < -0.4 is 5.32 Å². The summed E-state index contributed by atoms with van der Waals surface area (Å²) >= 11 is 0. The molecule has 0 spiro atoms. The summed E-state index contributed by atoms with van der Waals surface area (Å²) in [5.74, 6) is -0.0318. The summed E-state index contributed by atoms with van der Waals surface area (Å²) in [6.07, 6.45) is 4.33. The van der Waals surface area contributed by atoms with E-state index in [0.717, 1.165) is 18.5 Å². The fourth-order valence-corrected chi connectivity index (χ4v) is 1.04. The molecule has 0 heterocycles. The van der Waals surface area contributed by atoms with Gasteiger partial charge in [-0.2, -0.15) is 0 Å². The van der Waals surface area contributed by atoms with E-state index in [9.17, 15) is 4.79 Å². The Balaban J connectivity index is 2.44. The van der Waals surface area contributed by atoms with Crippen LogP contribution in [0.1, 0.15) is 18.9 Å². The van der Waals surface area contributed by atoms with E-state index in [-0.39, 0.29) is 5.91 Å². The normalized spacial score (nSPS) is 10.4. The Morgan fingerprint density at radius 3 is 2.71 bits per heavy atom. The molecule has 0 aliphatic rings. The SMILES string of the molecule is CCCNC(=O)/C=C/c1ccccc1. The van der Waals surface area contributed by atoms with Crippen molar-refractivity contribution in [3.05, 3.63) is 42.0 Å². The standard InChI is InChI=1S/C12H15NO/c1-2-10-13-12(14)9-8-11-6-4-3-5-7-11/h3-9H,2,10H2,1H3,(H,13,14)/b9-8+. The molecule has 2 heteroatoms. The second-order valence-corrected chi connectivity index (χ2v) is 3.04. The summed E-state index contributed by atoms with van der Waals surface area (Å²) in [6.45, 7) is 2.76. The van der Waals surface area contributed by atoms with Crippen LogP contribution in [-0.2, 0) is 4.79 Å². The highest BCUT2D eigenvalue weighted by Gasteiger charge is 1.91. The molecule has 0 unspecified atom stereocenters. The molecule has 74 valence electrons. The van der Waals surface area contributed by atoms with Crippen LogP contribution in [0, 0.1) is 0 Å². The first kappa shape index (κ1) is 10.5. The van der Waals surface area contributed by atoms with Gasteiger partial charge in [-0.15, -0.1) is 0 Å². The van der Waals surface area contributed by atoms with Crippen molar-refractivity contribution in [3.8, 4) is 0 Å². The highest BCUT2D eigenvalue weighted by Crippen LogP contribution is 2.00. The highest BCUT2D eigenvalue weighted by atomic mass is 16.1. The Morgan fingerprint density at radius 2 is 2.07 bits per heavy atom. The summed E-state index contributed by atoms with van der Waals surface area (Å²) in [7, 11) is 0. The zero-order chi connectivity index (χ0) is 10.2. The third kappa shape index (κ3) is 3.90. The van der Waals surface area contributed by atoms with Crippen molar-refractivity contribution < 1.29 is 4.79 Å². The van der Waals surface area contributed by atoms with E-state index in [0.29, 0.717) is 0 Å². The van der Waals surface area contributed by atoms with E-state index in [2.05, 4.69) is 5.32 Å². The van der Waals surface area contributed by atoms with Gasteiger partial charge < -0.3 is 5.32 Å². The lowest BCUT2D eigenvalue weighted by molar-refractivity contribution is -0.116. The molecule has 0 fully saturated rings. The van der Waals surface area contributed by atoms with Gasteiger partial charge in [0.25, 0.3) is 0 Å². The molecule has 1 rings (SSSR count). The van der Waals surface area contributed by atoms with E-state index in [1.165, 1.54) is 0 Å². The van der Waals surface area contributed by atoms with Crippen LogP contribution in [0.3, 0.4) is 0 Å². The summed E-state index contributed by atoms with van der Waals surface area (Å²) in [5.41, 5.74) is 1.04. The first-order valence-corrected chi connectivity index (χ1v) is 4.84. The van der Waals surface area contributed by atoms with E-state index >= 15 is 0 Å². The topological polar surface area (TPSA) is 29.1 Å². The predicted molar refractivity (Wildman–Crippen MR) is 58.8 cm³/mol. The lowest BCUT2D eigenvalue weighted by Crippen LogP contribution is -2.21. The number of carbonyl (C=O) groups is 1. The first-order valence-electron chi connectivity index (χ1n) is 4.84. The van der Waals surface area contributed by atoms with E-state index in [1.807, 2.05) is 43.3 Å². The number of benzene rings is 1. The second-order valence-electron chi connectivity index (χ2n) is 3.04. The van der Waals surface area contributed by atoms with Gasteiger partial charge in [-0.25, -0.2) is 0 Å². The fraction of sp³-hybridized carbons (Fsp3) is 0.250. The van der Waals surface area contributed by atoms with Gasteiger partial charge in [-0.05, 0) is 18.1 Å². The van der Waals surface area contributed by atoms with Gasteiger partial charge in [0, 0.05) is 12.6 Å². The van der Waals surface area contributed by atoms with E-state index < -0.39 is 0 Å². The number of hydrogen-bond acceptors (Lipinski definition) is 1. The fourth-order valence-electron chi connectivity index (χ4n) is 1.04. The summed E-state index contributed by atoms with van der Waals surface area (Å²) in [4.78, 5) is 11.2. The molecular weight excluding hydrogens is 174 g/mol. The van der Waals surface area contributed by atoms with Crippen molar-refractivity contribution >= 4 is 12.0 Å². The predicted octanol–water partition coefficient (Wildman–Crippen LogP) is 2.23. The minimum Gasteiger partial charge on any atom is -0.353 e. The van der Waals surface area contributed by atoms with Crippen molar-refractivity contribution in [3.63, 3.8) is 0 Å². The maximum Gasteiger partial charge on any atom is 0.243 e. The molecule has 0 aromatic heterocycles. The van der Waals surface area contributed by atoms with E-state index in [1.54, 1.807) is 6.08 Å². The Morgan fingerprint density at radius 1 is 1.36 bits per heavy atom. The molecule has 0 bridgehead atoms. The van der Waals surface area contributed by atoms with Crippen molar-refractivity contribution in [1.82, 2.24) is 5.32 Å². The Hall–Kier alpha value is -1.57. The van der Waals surface area contributed by atoms with Crippen molar-refractivity contribution in [2.24, 2.45) is 0 Å². The molecule has 14 heavy (non-hydrogen) atoms. The molecule has 1 amide bonds. The van der Waals surface area contributed by atoms with Crippen LogP contribution in [0.2, 0.25) is 0 Å². The van der Waals surface area contributed by atoms with Crippen LogP contribution in [-0.4, -0.2) is 12.5 Å². The third-order valence-electron chi connectivity index (χ3n) is 1.78. The smallest absolute Gasteiger partial charge is 0.243 e. The second kappa shape index (κ2) is 5.97. The van der Waals surface area contributed by atoms with Crippen LogP contribution in [0.15, 0.2) is 36.4 Å². The summed E-state index contributed by atoms with van der Waals surface area (Å²) in [6, 6.07) is 9.77. The lowest BCUT2D eigenvalue weighted by Gasteiger charge is -1.97.